The van der Waals surface area contributed by atoms with Crippen molar-refractivity contribution in [1.29, 1.82) is 5.26 Å². The zero-order valence-electron chi connectivity index (χ0n) is 26.5. The highest BCUT2D eigenvalue weighted by molar-refractivity contribution is 6.36. The van der Waals surface area contributed by atoms with Crippen LogP contribution in [0.2, 0.25) is 5.02 Å². The first kappa shape index (κ1) is 31.6. The third-order valence-electron chi connectivity index (χ3n) is 10.4. The summed E-state index contributed by atoms with van der Waals surface area (Å²) in [6, 6.07) is 10.9. The molecule has 7 rings (SSSR count). The van der Waals surface area contributed by atoms with Gasteiger partial charge in [0.15, 0.2) is 5.83 Å². The van der Waals surface area contributed by atoms with Gasteiger partial charge in [-0.25, -0.2) is 8.78 Å². The molecule has 1 aromatic heterocycles. The Bertz CT molecular complexity index is 1780. The fourth-order valence-corrected chi connectivity index (χ4v) is 8.52. The molecule has 9 nitrogen and oxygen atoms in total. The van der Waals surface area contributed by atoms with E-state index in [-0.39, 0.29) is 29.5 Å². The normalized spacial score (nSPS) is 24.3. The molecule has 2 unspecified atom stereocenters. The number of hydrogen-bond donors (Lipinski definition) is 0. The van der Waals surface area contributed by atoms with Crippen LogP contribution >= 0.6 is 11.6 Å². The van der Waals surface area contributed by atoms with Gasteiger partial charge in [-0.2, -0.15) is 15.2 Å². The number of amides is 1. The number of rotatable bonds is 7. The maximum atomic E-state index is 14.6. The molecule has 0 radical (unpaired) electrons. The molecule has 3 saturated heterocycles. The molecule has 4 aliphatic rings. The molecular weight excluding hydrogens is 624 g/mol. The van der Waals surface area contributed by atoms with Gasteiger partial charge < -0.3 is 19.4 Å². The number of carbonyl (C=O) groups excluding carboxylic acids is 1. The highest BCUT2D eigenvalue weighted by Gasteiger charge is 2.48. The van der Waals surface area contributed by atoms with Gasteiger partial charge in [0, 0.05) is 49.4 Å². The predicted octanol–water partition coefficient (Wildman–Crippen LogP) is 5.65. The van der Waals surface area contributed by atoms with Crippen LogP contribution in [0.5, 0.6) is 6.01 Å². The van der Waals surface area contributed by atoms with Crippen molar-refractivity contribution < 1.29 is 18.3 Å². The van der Waals surface area contributed by atoms with Crippen LogP contribution in [-0.2, 0) is 17.8 Å². The number of nitriles is 1. The highest BCUT2D eigenvalue weighted by Crippen LogP contribution is 2.42. The Hall–Kier alpha value is -4.01. The van der Waals surface area contributed by atoms with Crippen molar-refractivity contribution in [3.8, 4) is 12.1 Å². The quantitative estimate of drug-likeness (QED) is 0.300. The molecular formula is C35H38ClF2N7O2. The van der Waals surface area contributed by atoms with Gasteiger partial charge in [-0.05, 0) is 55.7 Å². The summed E-state index contributed by atoms with van der Waals surface area (Å²) in [6.45, 7) is 10.1. The largest absolute Gasteiger partial charge is 0.461 e. The molecule has 3 fully saturated rings. The van der Waals surface area contributed by atoms with E-state index in [0.29, 0.717) is 56.3 Å². The number of nitrogens with zero attached hydrogens (tertiary/aromatic N) is 7. The molecule has 12 heteroatoms. The first-order chi connectivity index (χ1) is 22.7. The summed E-state index contributed by atoms with van der Waals surface area (Å²) in [5, 5.41) is 11.2. The number of carbonyl (C=O) groups is 1. The van der Waals surface area contributed by atoms with Crippen LogP contribution < -0.4 is 14.5 Å². The Morgan fingerprint density at radius 2 is 2.02 bits per heavy atom. The average molecular weight is 662 g/mol. The number of ether oxygens (including phenoxy) is 1. The molecule has 0 saturated carbocycles. The Morgan fingerprint density at radius 1 is 1.17 bits per heavy atom. The maximum absolute atomic E-state index is 14.6. The van der Waals surface area contributed by atoms with Crippen molar-refractivity contribution in [2.24, 2.45) is 5.92 Å². The van der Waals surface area contributed by atoms with Crippen LogP contribution in [0.1, 0.15) is 43.9 Å². The van der Waals surface area contributed by atoms with Gasteiger partial charge in [0.1, 0.15) is 18.2 Å². The molecule has 3 aromatic rings. The maximum Gasteiger partial charge on any atom is 0.318 e. The summed E-state index contributed by atoms with van der Waals surface area (Å²) >= 11 is 6.52. The van der Waals surface area contributed by atoms with Gasteiger partial charge in [0.05, 0.1) is 41.3 Å². The minimum absolute atomic E-state index is 0.0205. The Labute approximate surface area is 278 Å². The number of hydrogen-bond acceptors (Lipinski definition) is 8. The third-order valence-corrected chi connectivity index (χ3v) is 10.7. The van der Waals surface area contributed by atoms with Crippen molar-refractivity contribution in [2.45, 2.75) is 57.2 Å². The van der Waals surface area contributed by atoms with Crippen LogP contribution in [0, 0.1) is 23.1 Å². The molecule has 2 aromatic carbocycles. The predicted molar refractivity (Wildman–Crippen MR) is 177 cm³/mol. The monoisotopic (exact) mass is 661 g/mol. The third kappa shape index (κ3) is 5.76. The number of fused-ring (bicyclic) bond motifs is 3. The molecule has 0 aliphatic carbocycles. The van der Waals surface area contributed by atoms with Crippen LogP contribution in [0.25, 0.3) is 10.8 Å². The zero-order valence-corrected chi connectivity index (χ0v) is 27.3. The van der Waals surface area contributed by atoms with E-state index in [1.165, 1.54) is 11.0 Å². The lowest BCUT2D eigenvalue weighted by Crippen LogP contribution is -2.55. The SMILES string of the molecule is C=C(F)C(=O)N1CCN(c2nc(OCC34CCCN3CC(C)C4)nc3c2CCN(c2cccc4ccc(F)c(Cl)c24)C3)C[C@@H]1CC#N. The molecule has 3 atom stereocenters. The van der Waals surface area contributed by atoms with E-state index >= 15 is 0 Å². The van der Waals surface area contributed by atoms with Crippen LogP contribution in [0.4, 0.5) is 20.3 Å². The first-order valence-electron chi connectivity index (χ1n) is 16.3. The minimum atomic E-state index is -1.04. The molecule has 1 amide bonds. The number of aromatic nitrogens is 2. The molecule has 0 spiro atoms. The fourth-order valence-electron chi connectivity index (χ4n) is 8.25. The van der Waals surface area contributed by atoms with Gasteiger partial charge in [-0.1, -0.05) is 43.3 Å². The minimum Gasteiger partial charge on any atom is -0.461 e. The fraction of sp³-hybridized carbons (Fsp3) is 0.486. The van der Waals surface area contributed by atoms with Crippen molar-refractivity contribution in [1.82, 2.24) is 19.8 Å². The lowest BCUT2D eigenvalue weighted by molar-refractivity contribution is -0.131. The smallest absolute Gasteiger partial charge is 0.318 e. The van der Waals surface area contributed by atoms with Crippen LogP contribution in [0.15, 0.2) is 42.7 Å². The molecule has 5 heterocycles. The van der Waals surface area contributed by atoms with E-state index in [1.54, 1.807) is 6.07 Å². The van der Waals surface area contributed by atoms with Gasteiger partial charge in [0.2, 0.25) is 0 Å². The number of anilines is 2. The highest BCUT2D eigenvalue weighted by atomic mass is 35.5. The van der Waals surface area contributed by atoms with Gasteiger partial charge >= 0.3 is 6.01 Å². The van der Waals surface area contributed by atoms with Crippen LogP contribution in [-0.4, -0.2) is 83.1 Å². The van der Waals surface area contributed by atoms with Crippen molar-refractivity contribution in [3.05, 3.63) is 64.8 Å². The van der Waals surface area contributed by atoms with E-state index in [4.69, 9.17) is 26.3 Å². The summed E-state index contributed by atoms with van der Waals surface area (Å²) in [5.41, 5.74) is 2.57. The number of halogens is 3. The lowest BCUT2D eigenvalue weighted by Gasteiger charge is -2.42. The molecule has 4 aliphatic heterocycles. The number of piperazine rings is 1. The second-order valence-corrected chi connectivity index (χ2v) is 13.8. The van der Waals surface area contributed by atoms with E-state index in [0.717, 1.165) is 54.7 Å². The second kappa shape index (κ2) is 12.5. The standard InChI is InChI=1S/C35H38ClF2N7O2/c1-22-17-35(11-4-13-44(35)18-22)21-47-34-40-28-20-42(29-6-3-5-24-7-8-27(38)31(36)30(24)29)14-10-26(28)32(41-34)43-15-16-45(33(46)23(2)37)25(19-43)9-12-39/h3,5-8,22,25H,2,4,9-11,13-21H2,1H3/t22?,25-,35?/m0/s1. The summed E-state index contributed by atoms with van der Waals surface area (Å²) in [4.78, 5) is 30.7. The van der Waals surface area contributed by atoms with E-state index < -0.39 is 23.6 Å². The molecule has 246 valence electrons. The topological polar surface area (TPSA) is 88.8 Å². The second-order valence-electron chi connectivity index (χ2n) is 13.4. The van der Waals surface area contributed by atoms with Crippen molar-refractivity contribution in [2.75, 3.05) is 55.7 Å². The van der Waals surface area contributed by atoms with Crippen molar-refractivity contribution >= 4 is 39.8 Å². The van der Waals surface area contributed by atoms with Gasteiger partial charge in [-0.3, -0.25) is 9.69 Å². The summed E-state index contributed by atoms with van der Waals surface area (Å²) in [7, 11) is 0. The van der Waals surface area contributed by atoms with E-state index in [1.807, 2.05) is 18.2 Å². The zero-order chi connectivity index (χ0) is 32.9. The van der Waals surface area contributed by atoms with Gasteiger partial charge in [0.25, 0.3) is 5.91 Å². The lowest BCUT2D eigenvalue weighted by atomic mass is 9.92. The number of benzene rings is 2. The summed E-state index contributed by atoms with van der Waals surface area (Å²) in [6.07, 6.45) is 3.95. The molecule has 47 heavy (non-hydrogen) atoms. The Kier molecular flexibility index (Phi) is 8.43. The van der Waals surface area contributed by atoms with E-state index in [2.05, 4.69) is 34.3 Å². The summed E-state index contributed by atoms with van der Waals surface area (Å²) in [5.74, 6) is -0.980. The Balaban J connectivity index is 1.24. The Morgan fingerprint density at radius 3 is 2.83 bits per heavy atom. The first-order valence-corrected chi connectivity index (χ1v) is 16.7. The molecule has 0 N–H and O–H groups in total. The summed E-state index contributed by atoms with van der Waals surface area (Å²) < 4.78 is 35.0. The van der Waals surface area contributed by atoms with E-state index in [9.17, 15) is 18.8 Å². The molecule has 0 bridgehead atoms. The van der Waals surface area contributed by atoms with Crippen LogP contribution in [0.3, 0.4) is 0 Å². The average Bonchev–Trinajstić information content (AvgIpc) is 3.60. The van der Waals surface area contributed by atoms with Gasteiger partial charge in [-0.15, -0.1) is 0 Å². The van der Waals surface area contributed by atoms with Crippen molar-refractivity contribution in [3.63, 3.8) is 0 Å².